The van der Waals surface area contributed by atoms with Crippen molar-refractivity contribution >= 4 is 27.0 Å². The summed E-state index contributed by atoms with van der Waals surface area (Å²) in [6.45, 7) is 7.20. The van der Waals surface area contributed by atoms with Gasteiger partial charge in [0.2, 0.25) is 10.0 Å². The number of esters is 1. The Morgan fingerprint density at radius 3 is 2.72 bits per heavy atom. The summed E-state index contributed by atoms with van der Waals surface area (Å²) in [6.07, 6.45) is 1.80. The molecule has 3 rings (SSSR count). The standard InChI is InChI=1S/C20H30N4O4S/c1-5-24-18-10-9-16(29(26,27)22(3)4)12-17(18)21-19(24)14-23-11-7-8-15(13-23)20(25)28-6-2/h9-10,12,15H,5-8,11,13-14H2,1-4H3/t15-/m0/s1. The van der Waals surface area contributed by atoms with Crippen LogP contribution in [0.25, 0.3) is 11.0 Å². The van der Waals surface area contributed by atoms with E-state index in [1.165, 1.54) is 18.4 Å². The van der Waals surface area contributed by atoms with Crippen LogP contribution in [0, 0.1) is 5.92 Å². The number of piperidine rings is 1. The highest BCUT2D eigenvalue weighted by Crippen LogP contribution is 2.24. The zero-order chi connectivity index (χ0) is 21.2. The number of aryl methyl sites for hydroxylation is 1. The predicted molar refractivity (Wildman–Crippen MR) is 111 cm³/mol. The van der Waals surface area contributed by atoms with Gasteiger partial charge in [-0.3, -0.25) is 9.69 Å². The van der Waals surface area contributed by atoms with Crippen molar-refractivity contribution in [3.8, 4) is 0 Å². The Kier molecular flexibility index (Phi) is 6.60. The number of nitrogens with zero attached hydrogens (tertiary/aromatic N) is 4. The van der Waals surface area contributed by atoms with E-state index >= 15 is 0 Å². The molecule has 0 unspecified atom stereocenters. The van der Waals surface area contributed by atoms with Crippen LogP contribution in [0.5, 0.6) is 0 Å². The van der Waals surface area contributed by atoms with Crippen molar-refractivity contribution in [2.24, 2.45) is 5.92 Å². The molecule has 1 atom stereocenters. The lowest BCUT2D eigenvalue weighted by molar-refractivity contribution is -0.150. The third kappa shape index (κ3) is 4.46. The van der Waals surface area contributed by atoms with E-state index in [1.807, 2.05) is 19.9 Å². The smallest absolute Gasteiger partial charge is 0.310 e. The summed E-state index contributed by atoms with van der Waals surface area (Å²) in [7, 11) is -0.466. The topological polar surface area (TPSA) is 84.7 Å². The van der Waals surface area contributed by atoms with Gasteiger partial charge in [0.05, 0.1) is 35.0 Å². The van der Waals surface area contributed by atoms with Gasteiger partial charge in [-0.05, 0) is 51.4 Å². The minimum absolute atomic E-state index is 0.0972. The molecule has 0 bridgehead atoms. The summed E-state index contributed by atoms with van der Waals surface area (Å²) in [4.78, 5) is 19.3. The number of imidazole rings is 1. The molecule has 9 heteroatoms. The first-order valence-electron chi connectivity index (χ1n) is 10.1. The minimum Gasteiger partial charge on any atom is -0.466 e. The number of hydrogen-bond donors (Lipinski definition) is 0. The number of carbonyl (C=O) groups excluding carboxylic acids is 1. The normalized spacial score (nSPS) is 18.4. The number of benzene rings is 1. The van der Waals surface area contributed by atoms with Gasteiger partial charge in [0.25, 0.3) is 0 Å². The van der Waals surface area contributed by atoms with Crippen LogP contribution in [0.1, 0.15) is 32.5 Å². The van der Waals surface area contributed by atoms with E-state index in [0.29, 0.717) is 25.2 Å². The molecule has 1 aliphatic heterocycles. The van der Waals surface area contributed by atoms with Crippen molar-refractivity contribution < 1.29 is 17.9 Å². The highest BCUT2D eigenvalue weighted by atomic mass is 32.2. The van der Waals surface area contributed by atoms with E-state index in [9.17, 15) is 13.2 Å². The summed E-state index contributed by atoms with van der Waals surface area (Å²) >= 11 is 0. The zero-order valence-corrected chi connectivity index (χ0v) is 18.4. The zero-order valence-electron chi connectivity index (χ0n) is 17.6. The van der Waals surface area contributed by atoms with E-state index in [0.717, 1.165) is 37.3 Å². The van der Waals surface area contributed by atoms with Crippen LogP contribution in [-0.4, -0.2) is 66.9 Å². The fourth-order valence-corrected chi connectivity index (χ4v) is 4.78. The number of likely N-dealkylation sites (tertiary alicyclic amines) is 1. The van der Waals surface area contributed by atoms with Crippen LogP contribution in [0.3, 0.4) is 0 Å². The molecule has 1 fully saturated rings. The summed E-state index contributed by atoms with van der Waals surface area (Å²) < 4.78 is 33.4. The monoisotopic (exact) mass is 422 g/mol. The summed E-state index contributed by atoms with van der Waals surface area (Å²) in [5.41, 5.74) is 1.59. The average Bonchev–Trinajstić information content (AvgIpc) is 3.04. The molecule has 1 aromatic heterocycles. The summed E-state index contributed by atoms with van der Waals surface area (Å²) in [5.74, 6) is 0.658. The van der Waals surface area contributed by atoms with Crippen LogP contribution >= 0.6 is 0 Å². The molecule has 1 aromatic carbocycles. The van der Waals surface area contributed by atoms with E-state index in [2.05, 4.69) is 9.47 Å². The lowest BCUT2D eigenvalue weighted by Crippen LogP contribution is -2.39. The fourth-order valence-electron chi connectivity index (χ4n) is 3.86. The van der Waals surface area contributed by atoms with Gasteiger partial charge in [-0.2, -0.15) is 0 Å². The van der Waals surface area contributed by atoms with Gasteiger partial charge in [-0.15, -0.1) is 0 Å². The molecule has 1 saturated heterocycles. The van der Waals surface area contributed by atoms with E-state index in [1.54, 1.807) is 12.1 Å². The molecule has 0 saturated carbocycles. The molecule has 0 aliphatic carbocycles. The van der Waals surface area contributed by atoms with Crippen LogP contribution in [0.4, 0.5) is 0 Å². The van der Waals surface area contributed by atoms with Gasteiger partial charge < -0.3 is 9.30 Å². The van der Waals surface area contributed by atoms with Crippen LogP contribution in [-0.2, 0) is 32.6 Å². The Hall–Kier alpha value is -1.97. The third-order valence-corrected chi connectivity index (χ3v) is 7.20. The second kappa shape index (κ2) is 8.81. The molecule has 29 heavy (non-hydrogen) atoms. The molecule has 2 heterocycles. The number of rotatable bonds is 7. The lowest BCUT2D eigenvalue weighted by Gasteiger charge is -2.31. The number of aromatic nitrogens is 2. The van der Waals surface area contributed by atoms with Crippen LogP contribution in [0.15, 0.2) is 23.1 Å². The Morgan fingerprint density at radius 2 is 2.07 bits per heavy atom. The van der Waals surface area contributed by atoms with Crippen molar-refractivity contribution in [1.29, 1.82) is 0 Å². The second-order valence-corrected chi connectivity index (χ2v) is 9.69. The van der Waals surface area contributed by atoms with Gasteiger partial charge in [-0.1, -0.05) is 0 Å². The Balaban J connectivity index is 1.86. The summed E-state index contributed by atoms with van der Waals surface area (Å²) in [6, 6.07) is 5.09. The quantitative estimate of drug-likeness (QED) is 0.635. The van der Waals surface area contributed by atoms with E-state index < -0.39 is 10.0 Å². The Bertz CT molecular complexity index is 984. The van der Waals surface area contributed by atoms with Crippen molar-refractivity contribution in [1.82, 2.24) is 18.8 Å². The van der Waals surface area contributed by atoms with Crippen molar-refractivity contribution in [3.63, 3.8) is 0 Å². The Labute approximate surface area is 172 Å². The molecule has 0 N–H and O–H groups in total. The largest absolute Gasteiger partial charge is 0.466 e. The van der Waals surface area contributed by atoms with Gasteiger partial charge in [-0.25, -0.2) is 17.7 Å². The van der Waals surface area contributed by atoms with Crippen molar-refractivity contribution in [2.45, 2.75) is 44.7 Å². The molecular weight excluding hydrogens is 392 g/mol. The number of sulfonamides is 1. The molecule has 0 amide bonds. The van der Waals surface area contributed by atoms with Gasteiger partial charge in [0.15, 0.2) is 0 Å². The number of fused-ring (bicyclic) bond motifs is 1. The SMILES string of the molecule is CCOC(=O)[C@H]1CCCN(Cc2nc3cc(S(=O)(=O)N(C)C)ccc3n2CC)C1. The maximum absolute atomic E-state index is 12.4. The van der Waals surface area contributed by atoms with Gasteiger partial charge in [0, 0.05) is 27.2 Å². The van der Waals surface area contributed by atoms with Crippen molar-refractivity contribution in [2.75, 3.05) is 33.8 Å². The van der Waals surface area contributed by atoms with Crippen molar-refractivity contribution in [3.05, 3.63) is 24.0 Å². The molecule has 1 aliphatic rings. The minimum atomic E-state index is -3.51. The van der Waals surface area contributed by atoms with Gasteiger partial charge in [0.1, 0.15) is 5.82 Å². The first kappa shape index (κ1) is 21.7. The molecule has 8 nitrogen and oxygen atoms in total. The number of ether oxygens (including phenoxy) is 1. The third-order valence-electron chi connectivity index (χ3n) is 5.38. The maximum atomic E-state index is 12.4. The Morgan fingerprint density at radius 1 is 1.31 bits per heavy atom. The highest BCUT2D eigenvalue weighted by Gasteiger charge is 2.28. The first-order chi connectivity index (χ1) is 13.8. The van der Waals surface area contributed by atoms with Crippen LogP contribution < -0.4 is 0 Å². The van der Waals surface area contributed by atoms with E-state index in [-0.39, 0.29) is 16.8 Å². The predicted octanol–water partition coefficient (Wildman–Crippen LogP) is 2.08. The fraction of sp³-hybridized carbons (Fsp3) is 0.600. The van der Waals surface area contributed by atoms with Gasteiger partial charge >= 0.3 is 5.97 Å². The molecular formula is C20H30N4O4S. The highest BCUT2D eigenvalue weighted by molar-refractivity contribution is 7.89. The lowest BCUT2D eigenvalue weighted by atomic mass is 9.98. The molecule has 2 aromatic rings. The average molecular weight is 423 g/mol. The number of carbonyl (C=O) groups is 1. The molecule has 160 valence electrons. The van der Waals surface area contributed by atoms with E-state index in [4.69, 9.17) is 9.72 Å². The molecule has 0 radical (unpaired) electrons. The van der Waals surface area contributed by atoms with Crippen LogP contribution in [0.2, 0.25) is 0 Å². The maximum Gasteiger partial charge on any atom is 0.310 e. The molecule has 0 spiro atoms. The summed E-state index contributed by atoms with van der Waals surface area (Å²) in [5, 5.41) is 0. The second-order valence-electron chi connectivity index (χ2n) is 7.54. The number of hydrogen-bond acceptors (Lipinski definition) is 6. The first-order valence-corrected chi connectivity index (χ1v) is 11.5.